The number of amides is 4. The van der Waals surface area contributed by atoms with Gasteiger partial charge in [-0.25, -0.2) is 9.69 Å². The highest BCUT2D eigenvalue weighted by atomic mass is 127. The van der Waals surface area contributed by atoms with Crippen molar-refractivity contribution in [2.45, 2.75) is 4.90 Å². The molecule has 3 aromatic carbocycles. The summed E-state index contributed by atoms with van der Waals surface area (Å²) >= 11 is 7.84. The molecule has 0 bridgehead atoms. The van der Waals surface area contributed by atoms with Gasteiger partial charge in [0.15, 0.2) is 11.5 Å². The van der Waals surface area contributed by atoms with E-state index in [9.17, 15) is 22.8 Å². The Hall–Kier alpha value is -3.42. The van der Waals surface area contributed by atoms with Gasteiger partial charge in [0.2, 0.25) is 0 Å². The first-order valence-corrected chi connectivity index (χ1v) is 13.0. The second-order valence-electron chi connectivity index (χ2n) is 7.32. The van der Waals surface area contributed by atoms with Crippen molar-refractivity contribution >= 4 is 73.9 Å². The standard InChI is InChI=1S/C24H16ClIN2O7S/c1-34-20-12-14(11-19(26)21(20)35-36(32,33)17-8-3-2-4-9-17)10-18-22(29)27-24(31)28(23(18)30)16-7-5-6-15(25)13-16/h2-13H,1H3,(H,27,29,31)/b18-10+. The number of barbiturate groups is 1. The molecule has 1 N–H and O–H groups in total. The average Bonchev–Trinajstić information content (AvgIpc) is 2.83. The van der Waals surface area contributed by atoms with E-state index in [0.717, 1.165) is 4.90 Å². The molecule has 1 heterocycles. The van der Waals surface area contributed by atoms with Crippen molar-refractivity contribution in [1.29, 1.82) is 0 Å². The minimum atomic E-state index is -4.15. The van der Waals surface area contributed by atoms with Crippen LogP contribution in [0.3, 0.4) is 0 Å². The molecule has 36 heavy (non-hydrogen) atoms. The number of hydrogen-bond donors (Lipinski definition) is 1. The van der Waals surface area contributed by atoms with Gasteiger partial charge in [-0.1, -0.05) is 35.9 Å². The molecule has 0 aliphatic carbocycles. The molecule has 12 heteroatoms. The fourth-order valence-electron chi connectivity index (χ4n) is 3.32. The zero-order valence-corrected chi connectivity index (χ0v) is 22.1. The Morgan fingerprint density at radius 3 is 2.39 bits per heavy atom. The number of urea groups is 1. The lowest BCUT2D eigenvalue weighted by molar-refractivity contribution is -0.122. The lowest BCUT2D eigenvalue weighted by Gasteiger charge is -2.26. The molecule has 0 spiro atoms. The number of nitrogens with zero attached hydrogens (tertiary/aromatic N) is 1. The zero-order valence-electron chi connectivity index (χ0n) is 18.4. The third-order valence-corrected chi connectivity index (χ3v) is 7.23. The van der Waals surface area contributed by atoms with E-state index in [1.165, 1.54) is 49.6 Å². The number of anilines is 1. The molecule has 1 fully saturated rings. The molecule has 1 aliphatic rings. The third kappa shape index (κ3) is 5.22. The Balaban J connectivity index is 1.71. The molecular weight excluding hydrogens is 623 g/mol. The van der Waals surface area contributed by atoms with Crippen LogP contribution in [-0.4, -0.2) is 33.4 Å². The van der Waals surface area contributed by atoms with E-state index < -0.39 is 28.0 Å². The monoisotopic (exact) mass is 638 g/mol. The number of nitrogens with one attached hydrogen (secondary N) is 1. The maximum Gasteiger partial charge on any atom is 0.339 e. The summed E-state index contributed by atoms with van der Waals surface area (Å²) in [5.74, 6) is -1.74. The van der Waals surface area contributed by atoms with E-state index in [1.54, 1.807) is 30.3 Å². The van der Waals surface area contributed by atoms with Crippen LogP contribution in [0.15, 0.2) is 77.2 Å². The Bertz CT molecular complexity index is 1520. The minimum Gasteiger partial charge on any atom is -0.493 e. The van der Waals surface area contributed by atoms with Gasteiger partial charge in [0.1, 0.15) is 10.5 Å². The minimum absolute atomic E-state index is 0.0377. The highest BCUT2D eigenvalue weighted by Gasteiger charge is 2.37. The van der Waals surface area contributed by atoms with Crippen LogP contribution in [0.5, 0.6) is 11.5 Å². The van der Waals surface area contributed by atoms with Crippen LogP contribution in [-0.2, 0) is 19.7 Å². The first-order valence-electron chi connectivity index (χ1n) is 10.1. The van der Waals surface area contributed by atoms with Crippen molar-refractivity contribution in [3.05, 3.63) is 86.5 Å². The van der Waals surface area contributed by atoms with Gasteiger partial charge in [-0.2, -0.15) is 8.42 Å². The van der Waals surface area contributed by atoms with E-state index in [0.29, 0.717) is 14.2 Å². The van der Waals surface area contributed by atoms with Crippen LogP contribution < -0.4 is 19.1 Å². The number of ether oxygens (including phenoxy) is 1. The molecule has 0 aromatic heterocycles. The van der Waals surface area contributed by atoms with Gasteiger partial charge < -0.3 is 8.92 Å². The molecule has 4 rings (SSSR count). The van der Waals surface area contributed by atoms with Gasteiger partial charge in [-0.15, -0.1) is 0 Å². The van der Waals surface area contributed by atoms with E-state index in [-0.39, 0.29) is 27.7 Å². The van der Waals surface area contributed by atoms with Gasteiger partial charge in [0.05, 0.1) is 16.4 Å². The van der Waals surface area contributed by atoms with Crippen molar-refractivity contribution in [3.63, 3.8) is 0 Å². The van der Waals surface area contributed by atoms with Crippen LogP contribution in [0.2, 0.25) is 5.02 Å². The predicted molar refractivity (Wildman–Crippen MR) is 140 cm³/mol. The number of hydrogen-bond acceptors (Lipinski definition) is 7. The zero-order chi connectivity index (χ0) is 26.0. The topological polar surface area (TPSA) is 119 Å². The van der Waals surface area contributed by atoms with Gasteiger partial charge in [-0.05, 0) is 76.7 Å². The summed E-state index contributed by atoms with van der Waals surface area (Å²) in [5.41, 5.74) is 0.197. The molecule has 4 amide bonds. The summed E-state index contributed by atoms with van der Waals surface area (Å²) in [5, 5.41) is 2.43. The smallest absolute Gasteiger partial charge is 0.339 e. The second kappa shape index (κ2) is 10.3. The SMILES string of the molecule is COc1cc(/C=C2\C(=O)NC(=O)N(c3cccc(Cl)c3)C2=O)cc(I)c1OS(=O)(=O)c1ccccc1. The molecule has 3 aromatic rings. The summed E-state index contributed by atoms with van der Waals surface area (Å²) in [4.78, 5) is 38.8. The molecule has 184 valence electrons. The fraction of sp³-hybridized carbons (Fsp3) is 0.0417. The Morgan fingerprint density at radius 2 is 1.72 bits per heavy atom. The quantitative estimate of drug-likeness (QED) is 0.184. The maximum atomic E-state index is 13.1. The summed E-state index contributed by atoms with van der Waals surface area (Å²) < 4.78 is 36.4. The van der Waals surface area contributed by atoms with E-state index in [4.69, 9.17) is 20.5 Å². The van der Waals surface area contributed by atoms with Crippen LogP contribution >= 0.6 is 34.2 Å². The third-order valence-electron chi connectivity index (χ3n) is 4.96. The molecule has 9 nitrogen and oxygen atoms in total. The molecule has 0 radical (unpaired) electrons. The highest BCUT2D eigenvalue weighted by molar-refractivity contribution is 14.1. The van der Waals surface area contributed by atoms with Gasteiger partial charge >= 0.3 is 16.1 Å². The van der Waals surface area contributed by atoms with Crippen molar-refractivity contribution in [2.75, 3.05) is 12.0 Å². The molecule has 0 atom stereocenters. The summed E-state index contributed by atoms with van der Waals surface area (Å²) in [6.45, 7) is 0. The number of rotatable bonds is 6. The largest absolute Gasteiger partial charge is 0.493 e. The average molecular weight is 639 g/mol. The fourth-order valence-corrected chi connectivity index (χ4v) is 5.37. The number of methoxy groups -OCH3 is 1. The molecular formula is C24H16ClIN2O7S. The van der Waals surface area contributed by atoms with Gasteiger partial charge in [0, 0.05) is 5.02 Å². The number of carbonyl (C=O) groups excluding carboxylic acids is 3. The van der Waals surface area contributed by atoms with Crippen LogP contribution in [0, 0.1) is 3.57 Å². The van der Waals surface area contributed by atoms with E-state index in [2.05, 4.69) is 5.32 Å². The van der Waals surface area contributed by atoms with Crippen LogP contribution in [0.25, 0.3) is 6.08 Å². The number of halogens is 2. The van der Waals surface area contributed by atoms with Crippen molar-refractivity contribution in [1.82, 2.24) is 5.32 Å². The first kappa shape index (κ1) is 25.7. The van der Waals surface area contributed by atoms with Gasteiger partial charge in [-0.3, -0.25) is 14.9 Å². The Kier molecular flexibility index (Phi) is 7.33. The first-order chi connectivity index (χ1) is 17.1. The Labute approximate surface area is 224 Å². The predicted octanol–water partition coefficient (Wildman–Crippen LogP) is 4.39. The summed E-state index contributed by atoms with van der Waals surface area (Å²) in [6, 6.07) is 15.7. The highest BCUT2D eigenvalue weighted by Crippen LogP contribution is 2.37. The molecule has 1 aliphatic heterocycles. The van der Waals surface area contributed by atoms with E-state index in [1.807, 2.05) is 22.6 Å². The normalized spacial score (nSPS) is 15.1. The van der Waals surface area contributed by atoms with Crippen molar-refractivity contribution in [2.24, 2.45) is 0 Å². The molecule has 1 saturated heterocycles. The maximum absolute atomic E-state index is 13.1. The van der Waals surface area contributed by atoms with Crippen LogP contribution in [0.4, 0.5) is 10.5 Å². The number of benzene rings is 3. The lowest BCUT2D eigenvalue weighted by Crippen LogP contribution is -2.54. The summed E-state index contributed by atoms with van der Waals surface area (Å²) in [6.07, 6.45) is 1.27. The van der Waals surface area contributed by atoms with Crippen LogP contribution in [0.1, 0.15) is 5.56 Å². The van der Waals surface area contributed by atoms with Gasteiger partial charge in [0.25, 0.3) is 11.8 Å². The van der Waals surface area contributed by atoms with E-state index >= 15 is 0 Å². The van der Waals surface area contributed by atoms with Crippen molar-refractivity contribution < 1.29 is 31.7 Å². The second-order valence-corrected chi connectivity index (χ2v) is 10.5. The summed E-state index contributed by atoms with van der Waals surface area (Å²) in [7, 11) is -2.83. The number of imide groups is 2. The molecule has 0 saturated carbocycles. The number of carbonyl (C=O) groups is 3. The van der Waals surface area contributed by atoms with Crippen molar-refractivity contribution in [3.8, 4) is 11.5 Å². The Morgan fingerprint density at radius 1 is 1.00 bits per heavy atom. The molecule has 0 unspecified atom stereocenters. The lowest BCUT2D eigenvalue weighted by atomic mass is 10.1.